The maximum absolute atomic E-state index is 13.4. The summed E-state index contributed by atoms with van der Waals surface area (Å²) in [6, 6.07) is 15.2. The Bertz CT molecular complexity index is 1030. The van der Waals surface area contributed by atoms with Crippen LogP contribution in [-0.4, -0.2) is 40.3 Å². The van der Waals surface area contributed by atoms with E-state index in [0.29, 0.717) is 17.1 Å². The molecule has 3 heterocycles. The lowest BCUT2D eigenvalue weighted by Crippen LogP contribution is -2.46. The minimum absolute atomic E-state index is 0.00288. The normalized spacial score (nSPS) is 21.1. The minimum atomic E-state index is -0.342. The SMILES string of the molecule is O=C1c2ccccc2N[C@@H](c2cn[nH]c2-c2ccc(Cl)cc2)N1C[C@H]1CCCO1. The second-order valence-corrected chi connectivity index (χ2v) is 7.83. The van der Waals surface area contributed by atoms with Crippen molar-refractivity contribution in [3.63, 3.8) is 0 Å². The number of carbonyl (C=O) groups is 1. The van der Waals surface area contributed by atoms with Crippen molar-refractivity contribution in [2.45, 2.75) is 25.1 Å². The van der Waals surface area contributed by atoms with Crippen LogP contribution in [0.3, 0.4) is 0 Å². The van der Waals surface area contributed by atoms with Crippen LogP contribution in [0.25, 0.3) is 11.3 Å². The Morgan fingerprint density at radius 2 is 2.00 bits per heavy atom. The smallest absolute Gasteiger partial charge is 0.257 e. The number of ether oxygens (including phenoxy) is 1. The van der Waals surface area contributed by atoms with Crippen molar-refractivity contribution < 1.29 is 9.53 Å². The summed E-state index contributed by atoms with van der Waals surface area (Å²) in [5.41, 5.74) is 4.25. The molecule has 29 heavy (non-hydrogen) atoms. The Labute approximate surface area is 173 Å². The fourth-order valence-electron chi connectivity index (χ4n) is 4.08. The standard InChI is InChI=1S/C22H21ClN4O2/c23-15-9-7-14(8-10-15)20-18(12-24-26-20)21-25-19-6-2-1-5-17(19)22(28)27(21)13-16-4-3-11-29-16/h1-2,5-10,12,16,21,25H,3-4,11,13H2,(H,24,26)/t16-,21-/m1/s1. The van der Waals surface area contributed by atoms with Gasteiger partial charge in [0.1, 0.15) is 6.17 Å². The summed E-state index contributed by atoms with van der Waals surface area (Å²) in [6.45, 7) is 1.29. The molecule has 2 aliphatic heterocycles. The minimum Gasteiger partial charge on any atom is -0.376 e. The first-order valence-corrected chi connectivity index (χ1v) is 10.2. The maximum atomic E-state index is 13.4. The zero-order valence-electron chi connectivity index (χ0n) is 15.8. The molecule has 0 saturated carbocycles. The molecule has 0 radical (unpaired) electrons. The second-order valence-electron chi connectivity index (χ2n) is 7.39. The average molecular weight is 409 g/mol. The predicted molar refractivity (Wildman–Crippen MR) is 112 cm³/mol. The Kier molecular flexibility index (Phi) is 4.73. The van der Waals surface area contributed by atoms with Crippen LogP contribution >= 0.6 is 11.6 Å². The number of rotatable bonds is 4. The molecule has 2 aliphatic rings. The number of fused-ring (bicyclic) bond motifs is 1. The monoisotopic (exact) mass is 408 g/mol. The highest BCUT2D eigenvalue weighted by molar-refractivity contribution is 6.30. The summed E-state index contributed by atoms with van der Waals surface area (Å²) >= 11 is 6.05. The van der Waals surface area contributed by atoms with Gasteiger partial charge in [-0.25, -0.2) is 0 Å². The van der Waals surface area contributed by atoms with Gasteiger partial charge in [-0.2, -0.15) is 5.10 Å². The summed E-state index contributed by atoms with van der Waals surface area (Å²) in [6.07, 6.45) is 3.49. The number of H-pyrrole nitrogens is 1. The Morgan fingerprint density at radius 1 is 1.17 bits per heavy atom. The molecule has 2 atom stereocenters. The molecule has 5 rings (SSSR count). The number of amides is 1. The number of nitrogens with one attached hydrogen (secondary N) is 2. The summed E-state index contributed by atoms with van der Waals surface area (Å²) in [5, 5.41) is 11.6. The lowest BCUT2D eigenvalue weighted by atomic mass is 10.0. The lowest BCUT2D eigenvalue weighted by molar-refractivity contribution is 0.0427. The van der Waals surface area contributed by atoms with Gasteiger partial charge in [0.15, 0.2) is 0 Å². The molecular formula is C22H21ClN4O2. The first-order chi connectivity index (χ1) is 14.2. The predicted octanol–water partition coefficient (Wildman–Crippen LogP) is 4.48. The van der Waals surface area contributed by atoms with Gasteiger partial charge in [-0.05, 0) is 37.1 Å². The van der Waals surface area contributed by atoms with Gasteiger partial charge in [0.2, 0.25) is 0 Å². The largest absolute Gasteiger partial charge is 0.376 e. The number of nitrogens with zero attached hydrogens (tertiary/aromatic N) is 2. The Hall–Kier alpha value is -2.83. The maximum Gasteiger partial charge on any atom is 0.257 e. The van der Waals surface area contributed by atoms with Crippen molar-refractivity contribution >= 4 is 23.2 Å². The van der Waals surface area contributed by atoms with E-state index < -0.39 is 0 Å². The van der Waals surface area contributed by atoms with Crippen molar-refractivity contribution in [3.8, 4) is 11.3 Å². The van der Waals surface area contributed by atoms with E-state index in [4.69, 9.17) is 16.3 Å². The van der Waals surface area contributed by atoms with E-state index in [1.54, 1.807) is 6.20 Å². The van der Waals surface area contributed by atoms with E-state index in [9.17, 15) is 4.79 Å². The number of para-hydroxylation sites is 1. The zero-order chi connectivity index (χ0) is 19.8. The highest BCUT2D eigenvalue weighted by Gasteiger charge is 2.36. The topological polar surface area (TPSA) is 70.2 Å². The molecule has 1 saturated heterocycles. The number of benzene rings is 2. The van der Waals surface area contributed by atoms with Crippen LogP contribution < -0.4 is 5.32 Å². The van der Waals surface area contributed by atoms with E-state index in [1.165, 1.54) is 0 Å². The number of anilines is 1. The number of hydrogen-bond donors (Lipinski definition) is 2. The molecule has 7 heteroatoms. The van der Waals surface area contributed by atoms with Crippen LogP contribution in [0.2, 0.25) is 5.02 Å². The molecule has 2 aromatic carbocycles. The van der Waals surface area contributed by atoms with Gasteiger partial charge in [-0.1, -0.05) is 35.9 Å². The number of carbonyl (C=O) groups excluding carboxylic acids is 1. The van der Waals surface area contributed by atoms with Crippen LogP contribution in [0.4, 0.5) is 5.69 Å². The van der Waals surface area contributed by atoms with E-state index in [-0.39, 0.29) is 18.2 Å². The van der Waals surface area contributed by atoms with Gasteiger partial charge in [-0.15, -0.1) is 0 Å². The highest BCUT2D eigenvalue weighted by atomic mass is 35.5. The molecule has 0 aliphatic carbocycles. The number of halogens is 1. The molecule has 0 bridgehead atoms. The fraction of sp³-hybridized carbons (Fsp3) is 0.273. The summed E-state index contributed by atoms with van der Waals surface area (Å²) in [4.78, 5) is 15.2. The van der Waals surface area contributed by atoms with E-state index in [0.717, 1.165) is 42.0 Å². The average Bonchev–Trinajstić information content (AvgIpc) is 3.43. The number of hydrogen-bond acceptors (Lipinski definition) is 4. The van der Waals surface area contributed by atoms with E-state index >= 15 is 0 Å². The van der Waals surface area contributed by atoms with Crippen molar-refractivity contribution in [3.05, 3.63) is 70.9 Å². The molecule has 1 amide bonds. The summed E-state index contributed by atoms with van der Waals surface area (Å²) in [5.74, 6) is 0.00288. The van der Waals surface area contributed by atoms with Crippen molar-refractivity contribution in [1.29, 1.82) is 0 Å². The molecule has 2 N–H and O–H groups in total. The number of aromatic amines is 1. The first-order valence-electron chi connectivity index (χ1n) is 9.78. The van der Waals surface area contributed by atoms with Crippen LogP contribution in [0, 0.1) is 0 Å². The van der Waals surface area contributed by atoms with Gasteiger partial charge in [0.25, 0.3) is 5.91 Å². The molecule has 0 unspecified atom stereocenters. The van der Waals surface area contributed by atoms with Gasteiger partial charge in [0.05, 0.1) is 23.6 Å². The fourth-order valence-corrected chi connectivity index (χ4v) is 4.21. The van der Waals surface area contributed by atoms with Crippen LogP contribution in [0.15, 0.2) is 54.7 Å². The van der Waals surface area contributed by atoms with Crippen LogP contribution in [-0.2, 0) is 4.74 Å². The quantitative estimate of drug-likeness (QED) is 0.668. The van der Waals surface area contributed by atoms with Gasteiger partial charge in [0, 0.05) is 35.0 Å². The molecule has 148 valence electrons. The van der Waals surface area contributed by atoms with Crippen molar-refractivity contribution in [1.82, 2.24) is 15.1 Å². The molecule has 1 aromatic heterocycles. The Morgan fingerprint density at radius 3 is 2.79 bits per heavy atom. The van der Waals surface area contributed by atoms with E-state index in [1.807, 2.05) is 53.4 Å². The molecule has 6 nitrogen and oxygen atoms in total. The lowest BCUT2D eigenvalue weighted by Gasteiger charge is -2.39. The molecule has 0 spiro atoms. The first kappa shape index (κ1) is 18.2. The molecule has 3 aromatic rings. The number of aromatic nitrogens is 2. The van der Waals surface area contributed by atoms with Crippen LogP contribution in [0.5, 0.6) is 0 Å². The molecular weight excluding hydrogens is 388 g/mol. The summed E-state index contributed by atoms with van der Waals surface area (Å²) in [7, 11) is 0. The van der Waals surface area contributed by atoms with Gasteiger partial charge in [-0.3, -0.25) is 9.89 Å². The second kappa shape index (κ2) is 7.54. The van der Waals surface area contributed by atoms with Gasteiger partial charge >= 0.3 is 0 Å². The molecule has 1 fully saturated rings. The van der Waals surface area contributed by atoms with Crippen molar-refractivity contribution in [2.24, 2.45) is 0 Å². The third-order valence-electron chi connectivity index (χ3n) is 5.54. The Balaban J connectivity index is 1.56. The highest BCUT2D eigenvalue weighted by Crippen LogP contribution is 2.37. The zero-order valence-corrected chi connectivity index (χ0v) is 16.5. The van der Waals surface area contributed by atoms with Crippen LogP contribution in [0.1, 0.15) is 34.9 Å². The van der Waals surface area contributed by atoms with Crippen molar-refractivity contribution in [2.75, 3.05) is 18.5 Å². The van der Waals surface area contributed by atoms with Gasteiger partial charge < -0.3 is 15.0 Å². The summed E-state index contributed by atoms with van der Waals surface area (Å²) < 4.78 is 5.83. The van der Waals surface area contributed by atoms with E-state index in [2.05, 4.69) is 15.5 Å². The third kappa shape index (κ3) is 3.39. The third-order valence-corrected chi connectivity index (χ3v) is 5.79.